The fourth-order valence-electron chi connectivity index (χ4n) is 3.20. The van der Waals surface area contributed by atoms with Gasteiger partial charge >= 0.3 is 0 Å². The van der Waals surface area contributed by atoms with E-state index < -0.39 is 15.7 Å². The zero-order chi connectivity index (χ0) is 21.6. The highest BCUT2D eigenvalue weighted by atomic mass is 32.2. The number of aromatic hydroxyl groups is 1. The SMILES string of the molecule is Cc1cc(C)c(-c2cc(C(=O)Nc3nc4ccc(S(C)(=O)=O)cc4s3)[nH]n2)c(O)c1. The van der Waals surface area contributed by atoms with E-state index in [1.165, 1.54) is 23.5 Å². The summed E-state index contributed by atoms with van der Waals surface area (Å²) < 4.78 is 24.1. The number of hydrogen-bond donors (Lipinski definition) is 3. The van der Waals surface area contributed by atoms with E-state index in [4.69, 9.17) is 0 Å². The first kappa shape index (κ1) is 20.0. The lowest BCUT2D eigenvalue weighted by Gasteiger charge is -2.06. The number of hydrogen-bond acceptors (Lipinski definition) is 7. The third-order valence-electron chi connectivity index (χ3n) is 4.55. The summed E-state index contributed by atoms with van der Waals surface area (Å²) in [5.41, 5.74) is 3.59. The van der Waals surface area contributed by atoms with E-state index in [1.807, 2.05) is 19.9 Å². The van der Waals surface area contributed by atoms with E-state index in [2.05, 4.69) is 20.5 Å². The average Bonchev–Trinajstić information content (AvgIpc) is 3.26. The smallest absolute Gasteiger partial charge is 0.275 e. The lowest BCUT2D eigenvalue weighted by molar-refractivity contribution is 0.102. The number of benzene rings is 2. The van der Waals surface area contributed by atoms with Crippen LogP contribution in [0.4, 0.5) is 5.13 Å². The Labute approximate surface area is 176 Å². The molecule has 0 saturated heterocycles. The van der Waals surface area contributed by atoms with Gasteiger partial charge in [0.15, 0.2) is 15.0 Å². The number of aromatic amines is 1. The van der Waals surface area contributed by atoms with Crippen LogP contribution in [-0.4, -0.2) is 40.9 Å². The largest absolute Gasteiger partial charge is 0.507 e. The van der Waals surface area contributed by atoms with Gasteiger partial charge in [-0.15, -0.1) is 0 Å². The van der Waals surface area contributed by atoms with Crippen LogP contribution in [0, 0.1) is 13.8 Å². The molecule has 3 N–H and O–H groups in total. The van der Waals surface area contributed by atoms with Gasteiger partial charge < -0.3 is 5.11 Å². The number of phenols is 1. The topological polar surface area (TPSA) is 125 Å². The third-order valence-corrected chi connectivity index (χ3v) is 6.59. The Morgan fingerprint density at radius 2 is 1.93 bits per heavy atom. The number of aryl methyl sites for hydroxylation is 2. The first-order chi connectivity index (χ1) is 14.1. The second kappa shape index (κ2) is 7.22. The van der Waals surface area contributed by atoms with Gasteiger partial charge in [0.05, 0.1) is 20.8 Å². The lowest BCUT2D eigenvalue weighted by Crippen LogP contribution is -2.11. The number of anilines is 1. The Morgan fingerprint density at radius 3 is 2.63 bits per heavy atom. The second-order valence-electron chi connectivity index (χ2n) is 7.02. The summed E-state index contributed by atoms with van der Waals surface area (Å²) in [4.78, 5) is 17.1. The quantitative estimate of drug-likeness (QED) is 0.443. The molecule has 2 aromatic heterocycles. The number of sulfone groups is 1. The van der Waals surface area contributed by atoms with Crippen LogP contribution in [0.15, 0.2) is 41.3 Å². The van der Waals surface area contributed by atoms with Gasteiger partial charge in [0.25, 0.3) is 5.91 Å². The van der Waals surface area contributed by atoms with Crippen molar-refractivity contribution >= 4 is 42.4 Å². The van der Waals surface area contributed by atoms with Crippen molar-refractivity contribution in [1.82, 2.24) is 15.2 Å². The minimum Gasteiger partial charge on any atom is -0.507 e. The average molecular weight is 443 g/mol. The zero-order valence-corrected chi connectivity index (χ0v) is 18.0. The molecule has 0 aliphatic heterocycles. The lowest BCUT2D eigenvalue weighted by atomic mass is 10.0. The van der Waals surface area contributed by atoms with Gasteiger partial charge in [-0.2, -0.15) is 5.10 Å². The van der Waals surface area contributed by atoms with Gasteiger partial charge in [0.1, 0.15) is 11.4 Å². The molecular weight excluding hydrogens is 424 g/mol. The molecule has 0 atom stereocenters. The number of rotatable bonds is 4. The first-order valence-electron chi connectivity index (χ1n) is 8.90. The standard InChI is InChI=1S/C20H18N4O4S2/c1-10-6-11(2)18(16(25)7-10)14-9-15(24-23-14)19(26)22-20-21-13-5-4-12(30(3,27)28)8-17(13)29-20/h4-9,25H,1-3H3,(H,23,24)(H,21,22,26). The molecule has 0 aliphatic rings. The molecule has 10 heteroatoms. The van der Waals surface area contributed by atoms with Gasteiger partial charge in [0.2, 0.25) is 0 Å². The number of aromatic nitrogens is 3. The summed E-state index contributed by atoms with van der Waals surface area (Å²) in [5, 5.41) is 20.1. The van der Waals surface area contributed by atoms with Crippen molar-refractivity contribution in [3.63, 3.8) is 0 Å². The van der Waals surface area contributed by atoms with Crippen molar-refractivity contribution < 1.29 is 18.3 Å². The summed E-state index contributed by atoms with van der Waals surface area (Å²) in [5.74, 6) is -0.348. The van der Waals surface area contributed by atoms with Crippen LogP contribution in [0.1, 0.15) is 21.6 Å². The summed E-state index contributed by atoms with van der Waals surface area (Å²) >= 11 is 1.18. The molecule has 0 radical (unpaired) electrons. The van der Waals surface area contributed by atoms with Crippen molar-refractivity contribution in [1.29, 1.82) is 0 Å². The maximum absolute atomic E-state index is 12.6. The van der Waals surface area contributed by atoms with Crippen molar-refractivity contribution in [3.05, 3.63) is 53.2 Å². The number of carbonyl (C=O) groups is 1. The highest BCUT2D eigenvalue weighted by Crippen LogP contribution is 2.33. The van der Waals surface area contributed by atoms with Crippen LogP contribution < -0.4 is 5.32 Å². The Balaban J connectivity index is 1.60. The van der Waals surface area contributed by atoms with Gasteiger partial charge in [-0.1, -0.05) is 17.4 Å². The molecule has 4 aromatic rings. The van der Waals surface area contributed by atoms with E-state index in [1.54, 1.807) is 18.2 Å². The Morgan fingerprint density at radius 1 is 1.17 bits per heavy atom. The molecule has 1 amide bonds. The number of H-pyrrole nitrogens is 1. The molecule has 0 unspecified atom stereocenters. The molecule has 0 aliphatic carbocycles. The number of fused-ring (bicyclic) bond motifs is 1. The summed E-state index contributed by atoms with van der Waals surface area (Å²) in [6, 6.07) is 9.75. The van der Waals surface area contributed by atoms with Gasteiger partial charge in [0, 0.05) is 11.8 Å². The molecule has 0 bridgehead atoms. The molecule has 154 valence electrons. The maximum atomic E-state index is 12.6. The number of carbonyl (C=O) groups excluding carboxylic acids is 1. The molecule has 2 heterocycles. The highest BCUT2D eigenvalue weighted by Gasteiger charge is 2.17. The molecule has 0 fully saturated rings. The van der Waals surface area contributed by atoms with Crippen LogP contribution in [-0.2, 0) is 9.84 Å². The van der Waals surface area contributed by atoms with Crippen LogP contribution in [0.3, 0.4) is 0 Å². The van der Waals surface area contributed by atoms with Crippen LogP contribution in [0.5, 0.6) is 5.75 Å². The maximum Gasteiger partial charge on any atom is 0.275 e. The molecule has 8 nitrogen and oxygen atoms in total. The number of amides is 1. The Bertz CT molecular complexity index is 1380. The summed E-state index contributed by atoms with van der Waals surface area (Å²) in [7, 11) is -3.33. The van der Waals surface area contributed by atoms with E-state index in [9.17, 15) is 18.3 Å². The fourth-order valence-corrected chi connectivity index (χ4v) is 4.82. The molecule has 0 saturated carbocycles. The van der Waals surface area contributed by atoms with Crippen LogP contribution in [0.25, 0.3) is 21.5 Å². The monoisotopic (exact) mass is 442 g/mol. The van der Waals surface area contributed by atoms with E-state index in [0.717, 1.165) is 17.4 Å². The fraction of sp³-hybridized carbons (Fsp3) is 0.150. The van der Waals surface area contributed by atoms with Crippen molar-refractivity contribution in [2.75, 3.05) is 11.6 Å². The van der Waals surface area contributed by atoms with Crippen LogP contribution >= 0.6 is 11.3 Å². The van der Waals surface area contributed by atoms with Crippen molar-refractivity contribution in [2.24, 2.45) is 0 Å². The van der Waals surface area contributed by atoms with Gasteiger partial charge in [-0.3, -0.25) is 15.2 Å². The van der Waals surface area contributed by atoms with E-state index >= 15 is 0 Å². The molecular formula is C20H18N4O4S2. The van der Waals surface area contributed by atoms with Crippen LogP contribution in [0.2, 0.25) is 0 Å². The normalized spacial score (nSPS) is 11.7. The molecule has 4 rings (SSSR count). The second-order valence-corrected chi connectivity index (χ2v) is 10.1. The number of nitrogens with zero attached hydrogens (tertiary/aromatic N) is 2. The summed E-state index contributed by atoms with van der Waals surface area (Å²) in [6.07, 6.45) is 1.14. The Hall–Kier alpha value is -3.24. The molecule has 0 spiro atoms. The zero-order valence-electron chi connectivity index (χ0n) is 16.3. The minimum absolute atomic E-state index is 0.0961. The Kier molecular flexibility index (Phi) is 4.83. The van der Waals surface area contributed by atoms with Crippen molar-refractivity contribution in [2.45, 2.75) is 18.7 Å². The van der Waals surface area contributed by atoms with Gasteiger partial charge in [-0.05, 0) is 55.3 Å². The predicted molar refractivity (Wildman–Crippen MR) is 116 cm³/mol. The van der Waals surface area contributed by atoms with Gasteiger partial charge in [-0.25, -0.2) is 13.4 Å². The number of phenolic OH excluding ortho intramolecular Hbond substituents is 1. The van der Waals surface area contributed by atoms with E-state index in [-0.39, 0.29) is 16.3 Å². The number of thiazole rings is 1. The molecule has 30 heavy (non-hydrogen) atoms. The minimum atomic E-state index is -3.33. The number of nitrogens with one attached hydrogen (secondary N) is 2. The first-order valence-corrected chi connectivity index (χ1v) is 11.6. The summed E-state index contributed by atoms with van der Waals surface area (Å²) in [6.45, 7) is 3.75. The highest BCUT2D eigenvalue weighted by molar-refractivity contribution is 7.90. The van der Waals surface area contributed by atoms with Crippen molar-refractivity contribution in [3.8, 4) is 17.0 Å². The third kappa shape index (κ3) is 3.79. The predicted octanol–water partition coefficient (Wildman–Crippen LogP) is 3.66. The molecule has 2 aromatic carbocycles. The van der Waals surface area contributed by atoms with E-state index in [0.29, 0.717) is 26.6 Å².